The molecule has 3 aromatic rings. The number of carbonyl (C=O) groups excluding carboxylic acids is 1. The first-order chi connectivity index (χ1) is 11.6. The molecule has 24 heavy (non-hydrogen) atoms. The second kappa shape index (κ2) is 7.15. The summed E-state index contributed by atoms with van der Waals surface area (Å²) in [6.07, 6.45) is 3.52. The fraction of sp³-hybridized carbons (Fsp3) is 0.0526. The van der Waals surface area contributed by atoms with Gasteiger partial charge >= 0.3 is 0 Å². The Balaban J connectivity index is 1.76. The molecule has 2 aromatic carbocycles. The molecule has 0 aliphatic heterocycles. The van der Waals surface area contributed by atoms with Crippen LogP contribution >= 0.6 is 11.6 Å². The van der Waals surface area contributed by atoms with Crippen molar-refractivity contribution in [3.05, 3.63) is 88.7 Å². The first kappa shape index (κ1) is 16.0. The number of nitrogens with one attached hydrogen (secondary N) is 1. The number of halogens is 1. The van der Waals surface area contributed by atoms with Gasteiger partial charge in [-0.2, -0.15) is 5.10 Å². The summed E-state index contributed by atoms with van der Waals surface area (Å²) in [6, 6.07) is 18.6. The zero-order valence-corrected chi connectivity index (χ0v) is 13.9. The minimum atomic E-state index is -0.247. The number of hydrazone groups is 1. The quantitative estimate of drug-likeness (QED) is 0.562. The molecule has 1 N–H and O–H groups in total. The lowest BCUT2D eigenvalue weighted by Gasteiger charge is -2.08. The number of hydrogen-bond acceptors (Lipinski definition) is 2. The van der Waals surface area contributed by atoms with E-state index in [9.17, 15) is 4.79 Å². The summed E-state index contributed by atoms with van der Waals surface area (Å²) in [5.41, 5.74) is 5.89. The van der Waals surface area contributed by atoms with E-state index in [4.69, 9.17) is 11.6 Å². The average molecular weight is 338 g/mol. The maximum atomic E-state index is 12.0. The molecule has 5 heteroatoms. The molecule has 0 unspecified atom stereocenters. The third-order valence-corrected chi connectivity index (χ3v) is 4.02. The molecule has 4 nitrogen and oxygen atoms in total. The molecule has 0 fully saturated rings. The van der Waals surface area contributed by atoms with E-state index in [1.165, 1.54) is 0 Å². The van der Waals surface area contributed by atoms with Crippen LogP contribution in [0.2, 0.25) is 5.02 Å². The minimum absolute atomic E-state index is 0.247. The lowest BCUT2D eigenvalue weighted by atomic mass is 10.2. The molecular formula is C19H16ClN3O. The highest BCUT2D eigenvalue weighted by Gasteiger charge is 2.05. The highest BCUT2D eigenvalue weighted by molar-refractivity contribution is 6.31. The van der Waals surface area contributed by atoms with Gasteiger partial charge in [-0.3, -0.25) is 4.79 Å². The fourth-order valence-corrected chi connectivity index (χ4v) is 2.45. The Bertz CT molecular complexity index is 885. The molecule has 0 aliphatic rings. The van der Waals surface area contributed by atoms with Gasteiger partial charge in [-0.1, -0.05) is 35.9 Å². The van der Waals surface area contributed by atoms with Crippen molar-refractivity contribution in [1.82, 2.24) is 9.99 Å². The number of aromatic nitrogens is 1. The lowest BCUT2D eigenvalue weighted by Crippen LogP contribution is -2.17. The Labute approximate surface area is 145 Å². The molecular weight excluding hydrogens is 322 g/mol. The standard InChI is InChI=1S/C19H16ClN3O/c1-14-9-10-16(12-18(14)20)23-11-5-8-17(23)13-21-22-19(24)15-6-3-2-4-7-15/h2-13H,1H3,(H,22,24)/b21-13-. The summed E-state index contributed by atoms with van der Waals surface area (Å²) in [6.45, 7) is 1.96. The Hall–Kier alpha value is -2.85. The third kappa shape index (κ3) is 3.55. The van der Waals surface area contributed by atoms with Crippen LogP contribution in [0.25, 0.3) is 5.69 Å². The van der Waals surface area contributed by atoms with Crippen molar-refractivity contribution < 1.29 is 4.79 Å². The second-order valence-electron chi connectivity index (χ2n) is 5.30. The van der Waals surface area contributed by atoms with Gasteiger partial charge < -0.3 is 4.57 Å². The zero-order valence-electron chi connectivity index (χ0n) is 13.1. The fourth-order valence-electron chi connectivity index (χ4n) is 2.28. The predicted octanol–water partition coefficient (Wildman–Crippen LogP) is 4.20. The van der Waals surface area contributed by atoms with E-state index in [0.29, 0.717) is 10.6 Å². The van der Waals surface area contributed by atoms with Gasteiger partial charge in [-0.15, -0.1) is 0 Å². The largest absolute Gasteiger partial charge is 0.316 e. The number of aryl methyl sites for hydroxylation is 1. The summed E-state index contributed by atoms with van der Waals surface area (Å²) in [5, 5.41) is 4.75. The first-order valence-electron chi connectivity index (χ1n) is 7.47. The van der Waals surface area contributed by atoms with Crippen molar-refractivity contribution in [2.45, 2.75) is 6.92 Å². The summed E-state index contributed by atoms with van der Waals surface area (Å²) in [5.74, 6) is -0.247. The maximum Gasteiger partial charge on any atom is 0.271 e. The van der Waals surface area contributed by atoms with Crippen LogP contribution in [0, 0.1) is 6.92 Å². The molecule has 120 valence electrons. The van der Waals surface area contributed by atoms with Crippen molar-refractivity contribution >= 4 is 23.7 Å². The molecule has 1 aromatic heterocycles. The van der Waals surface area contributed by atoms with Crippen molar-refractivity contribution in [2.24, 2.45) is 5.10 Å². The molecule has 1 heterocycles. The number of hydrogen-bond donors (Lipinski definition) is 1. The van der Waals surface area contributed by atoms with Gasteiger partial charge in [-0.25, -0.2) is 5.43 Å². The number of benzene rings is 2. The van der Waals surface area contributed by atoms with Crippen LogP contribution in [0.1, 0.15) is 21.6 Å². The molecule has 1 amide bonds. The van der Waals surface area contributed by atoms with Crippen molar-refractivity contribution in [1.29, 1.82) is 0 Å². The highest BCUT2D eigenvalue weighted by atomic mass is 35.5. The average Bonchev–Trinajstić information content (AvgIpc) is 3.06. The predicted molar refractivity (Wildman–Crippen MR) is 97.0 cm³/mol. The maximum absolute atomic E-state index is 12.0. The van der Waals surface area contributed by atoms with Crippen molar-refractivity contribution in [3.8, 4) is 5.69 Å². The van der Waals surface area contributed by atoms with Gasteiger partial charge in [0, 0.05) is 22.5 Å². The third-order valence-electron chi connectivity index (χ3n) is 3.61. The number of carbonyl (C=O) groups is 1. The van der Waals surface area contributed by atoms with E-state index < -0.39 is 0 Å². The Morgan fingerprint density at radius 3 is 2.67 bits per heavy atom. The molecule has 0 spiro atoms. The Morgan fingerprint density at radius 1 is 1.12 bits per heavy atom. The van der Waals surface area contributed by atoms with E-state index in [-0.39, 0.29) is 5.91 Å². The van der Waals surface area contributed by atoms with Gasteiger partial charge in [0.15, 0.2) is 0 Å². The van der Waals surface area contributed by atoms with Gasteiger partial charge in [0.25, 0.3) is 5.91 Å². The first-order valence-corrected chi connectivity index (χ1v) is 7.85. The van der Waals surface area contributed by atoms with Crippen LogP contribution < -0.4 is 5.43 Å². The van der Waals surface area contributed by atoms with Crippen LogP contribution in [-0.2, 0) is 0 Å². The summed E-state index contributed by atoms with van der Waals surface area (Å²) >= 11 is 6.19. The number of amides is 1. The zero-order chi connectivity index (χ0) is 16.9. The van der Waals surface area contributed by atoms with Crippen molar-refractivity contribution in [2.75, 3.05) is 0 Å². The van der Waals surface area contributed by atoms with E-state index in [2.05, 4.69) is 10.5 Å². The normalized spacial score (nSPS) is 10.9. The summed E-state index contributed by atoms with van der Waals surface area (Å²) in [7, 11) is 0. The SMILES string of the molecule is Cc1ccc(-n2cccc2/C=N\NC(=O)c2ccccc2)cc1Cl. The van der Waals surface area contributed by atoms with Crippen LogP contribution in [0.3, 0.4) is 0 Å². The van der Waals surface area contributed by atoms with Crippen molar-refractivity contribution in [3.63, 3.8) is 0 Å². The van der Waals surface area contributed by atoms with E-state index in [1.54, 1.807) is 18.3 Å². The van der Waals surface area contributed by atoms with E-state index >= 15 is 0 Å². The lowest BCUT2D eigenvalue weighted by molar-refractivity contribution is 0.0955. The molecule has 0 atom stereocenters. The number of rotatable bonds is 4. The number of nitrogens with zero attached hydrogens (tertiary/aromatic N) is 2. The van der Waals surface area contributed by atoms with Crippen LogP contribution in [0.4, 0.5) is 0 Å². The van der Waals surface area contributed by atoms with Crippen LogP contribution in [-0.4, -0.2) is 16.7 Å². The molecule has 3 rings (SSSR count). The van der Waals surface area contributed by atoms with Gasteiger partial charge in [0.2, 0.25) is 0 Å². The van der Waals surface area contributed by atoms with Gasteiger partial charge in [0.1, 0.15) is 0 Å². The molecule has 0 radical (unpaired) electrons. The molecule has 0 saturated carbocycles. The highest BCUT2D eigenvalue weighted by Crippen LogP contribution is 2.20. The minimum Gasteiger partial charge on any atom is -0.316 e. The van der Waals surface area contributed by atoms with Gasteiger partial charge in [-0.05, 0) is 48.9 Å². The molecule has 0 saturated heterocycles. The smallest absolute Gasteiger partial charge is 0.271 e. The summed E-state index contributed by atoms with van der Waals surface area (Å²) in [4.78, 5) is 12.0. The molecule has 0 bridgehead atoms. The van der Waals surface area contributed by atoms with E-state index in [1.807, 2.05) is 66.2 Å². The summed E-state index contributed by atoms with van der Waals surface area (Å²) < 4.78 is 1.95. The second-order valence-corrected chi connectivity index (χ2v) is 5.71. The monoisotopic (exact) mass is 337 g/mol. The Kier molecular flexibility index (Phi) is 4.77. The van der Waals surface area contributed by atoms with Crippen LogP contribution in [0.15, 0.2) is 72.0 Å². The molecule has 0 aliphatic carbocycles. The van der Waals surface area contributed by atoms with E-state index in [0.717, 1.165) is 16.9 Å². The Morgan fingerprint density at radius 2 is 1.92 bits per heavy atom. The van der Waals surface area contributed by atoms with Gasteiger partial charge in [0.05, 0.1) is 11.9 Å². The van der Waals surface area contributed by atoms with Crippen LogP contribution in [0.5, 0.6) is 0 Å². The topological polar surface area (TPSA) is 46.4 Å².